The van der Waals surface area contributed by atoms with Crippen LogP contribution >= 0.6 is 12.4 Å². The number of hydrogen-bond donors (Lipinski definition) is 1. The van der Waals surface area contributed by atoms with Crippen LogP contribution in [0.4, 0.5) is 0 Å². The van der Waals surface area contributed by atoms with Gasteiger partial charge in [0.1, 0.15) is 0 Å². The second-order valence-electron chi connectivity index (χ2n) is 5.89. The van der Waals surface area contributed by atoms with Crippen LogP contribution in [0.5, 0.6) is 0 Å². The lowest BCUT2D eigenvalue weighted by Gasteiger charge is -2.29. The monoisotopic (exact) mass is 310 g/mol. The fraction of sp³-hybridized carbons (Fsp3) is 0.588. The maximum atomic E-state index is 12.5. The molecule has 1 fully saturated rings. The smallest absolute Gasteiger partial charge is 0.227 e. The predicted octanol–water partition coefficient (Wildman–Crippen LogP) is 2.81. The molecule has 1 amide bonds. The number of aryl methyl sites for hydroxylation is 1. The van der Waals surface area contributed by atoms with E-state index in [1.54, 1.807) is 0 Å². The standard InChI is InChI=1S/C17H26N2O.ClH/c1-4-16(11-14-7-5-13(2)6-8-14)19(3)17(20)15-9-10-18-12-15;/h5-8,15-16,18H,4,9-12H2,1-3H3;1H. The average molecular weight is 311 g/mol. The topological polar surface area (TPSA) is 32.3 Å². The zero-order valence-electron chi connectivity index (χ0n) is 13.3. The molecule has 0 saturated carbocycles. The molecule has 1 saturated heterocycles. The van der Waals surface area contributed by atoms with Crippen LogP contribution in [-0.4, -0.2) is 37.0 Å². The Bertz CT molecular complexity index is 441. The Hall–Kier alpha value is -1.06. The lowest BCUT2D eigenvalue weighted by atomic mass is 9.99. The summed E-state index contributed by atoms with van der Waals surface area (Å²) in [6, 6.07) is 8.93. The lowest BCUT2D eigenvalue weighted by molar-refractivity contribution is -0.135. The molecule has 118 valence electrons. The fourth-order valence-electron chi connectivity index (χ4n) is 2.88. The lowest BCUT2D eigenvalue weighted by Crippen LogP contribution is -2.42. The predicted molar refractivity (Wildman–Crippen MR) is 90.0 cm³/mol. The van der Waals surface area contributed by atoms with Gasteiger partial charge in [0, 0.05) is 19.6 Å². The van der Waals surface area contributed by atoms with Crippen molar-refractivity contribution in [3.05, 3.63) is 35.4 Å². The summed E-state index contributed by atoms with van der Waals surface area (Å²) < 4.78 is 0. The summed E-state index contributed by atoms with van der Waals surface area (Å²) in [6.45, 7) is 6.07. The van der Waals surface area contributed by atoms with Gasteiger partial charge in [-0.2, -0.15) is 0 Å². The van der Waals surface area contributed by atoms with Crippen LogP contribution in [0.25, 0.3) is 0 Å². The summed E-state index contributed by atoms with van der Waals surface area (Å²) in [6.07, 6.45) is 2.92. The van der Waals surface area contributed by atoms with E-state index >= 15 is 0 Å². The molecule has 0 bridgehead atoms. The highest BCUT2D eigenvalue weighted by molar-refractivity contribution is 5.85. The highest BCUT2D eigenvalue weighted by atomic mass is 35.5. The third-order valence-electron chi connectivity index (χ3n) is 4.37. The van der Waals surface area contributed by atoms with Gasteiger partial charge in [0.2, 0.25) is 5.91 Å². The number of nitrogens with one attached hydrogen (secondary N) is 1. The van der Waals surface area contributed by atoms with Crippen LogP contribution in [0, 0.1) is 12.8 Å². The van der Waals surface area contributed by atoms with Crippen molar-refractivity contribution in [3.8, 4) is 0 Å². The molecule has 2 atom stereocenters. The summed E-state index contributed by atoms with van der Waals surface area (Å²) >= 11 is 0. The van der Waals surface area contributed by atoms with Crippen LogP contribution in [0.1, 0.15) is 30.9 Å². The van der Waals surface area contributed by atoms with Crippen molar-refractivity contribution in [2.75, 3.05) is 20.1 Å². The van der Waals surface area contributed by atoms with E-state index in [0.29, 0.717) is 11.9 Å². The normalized spacial score (nSPS) is 18.9. The number of amides is 1. The van der Waals surface area contributed by atoms with Gasteiger partial charge in [-0.3, -0.25) is 4.79 Å². The van der Waals surface area contributed by atoms with Crippen LogP contribution in [0.3, 0.4) is 0 Å². The third-order valence-corrected chi connectivity index (χ3v) is 4.37. The molecule has 3 nitrogen and oxygen atoms in total. The molecular formula is C17H27ClN2O. The van der Waals surface area contributed by atoms with Gasteiger partial charge in [-0.25, -0.2) is 0 Å². The summed E-state index contributed by atoms with van der Waals surface area (Å²) in [5.41, 5.74) is 2.59. The van der Waals surface area contributed by atoms with E-state index in [4.69, 9.17) is 0 Å². The van der Waals surface area contributed by atoms with Crippen LogP contribution < -0.4 is 5.32 Å². The van der Waals surface area contributed by atoms with Gasteiger partial charge < -0.3 is 10.2 Å². The number of likely N-dealkylation sites (N-methyl/N-ethyl adjacent to an activating group) is 1. The maximum Gasteiger partial charge on any atom is 0.227 e. The van der Waals surface area contributed by atoms with Crippen molar-refractivity contribution in [2.45, 2.75) is 39.2 Å². The number of carbonyl (C=O) groups excluding carboxylic acids is 1. The first-order valence-electron chi connectivity index (χ1n) is 7.64. The zero-order chi connectivity index (χ0) is 14.5. The second kappa shape index (κ2) is 8.40. The Labute approximate surface area is 134 Å². The van der Waals surface area contributed by atoms with E-state index in [9.17, 15) is 4.79 Å². The first-order valence-corrected chi connectivity index (χ1v) is 7.64. The number of nitrogens with zero attached hydrogens (tertiary/aromatic N) is 1. The molecule has 0 spiro atoms. The number of halogens is 1. The van der Waals surface area contributed by atoms with E-state index < -0.39 is 0 Å². The summed E-state index contributed by atoms with van der Waals surface area (Å²) in [4.78, 5) is 14.4. The van der Waals surface area contributed by atoms with Crippen molar-refractivity contribution in [2.24, 2.45) is 5.92 Å². The van der Waals surface area contributed by atoms with Gasteiger partial charge in [0.05, 0.1) is 5.92 Å². The maximum absolute atomic E-state index is 12.5. The molecule has 1 heterocycles. The van der Waals surface area contributed by atoms with Crippen LogP contribution in [0.2, 0.25) is 0 Å². The van der Waals surface area contributed by atoms with Crippen LogP contribution in [-0.2, 0) is 11.2 Å². The Morgan fingerprint density at radius 1 is 1.38 bits per heavy atom. The molecule has 0 aromatic heterocycles. The first kappa shape index (κ1) is 18.0. The molecule has 0 radical (unpaired) electrons. The summed E-state index contributed by atoms with van der Waals surface area (Å²) in [5, 5.41) is 3.27. The van der Waals surface area contributed by atoms with E-state index in [1.165, 1.54) is 11.1 Å². The van der Waals surface area contributed by atoms with Gasteiger partial charge in [-0.15, -0.1) is 12.4 Å². The van der Waals surface area contributed by atoms with Crippen LogP contribution in [0.15, 0.2) is 24.3 Å². The van der Waals surface area contributed by atoms with Crippen molar-refractivity contribution in [1.82, 2.24) is 10.2 Å². The molecule has 1 aromatic rings. The quantitative estimate of drug-likeness (QED) is 0.907. The van der Waals surface area contributed by atoms with E-state index in [2.05, 4.69) is 43.4 Å². The molecule has 4 heteroatoms. The molecular weight excluding hydrogens is 284 g/mol. The SMILES string of the molecule is CCC(Cc1ccc(C)cc1)N(C)C(=O)C1CCNC1.Cl. The summed E-state index contributed by atoms with van der Waals surface area (Å²) in [7, 11) is 1.96. The molecule has 21 heavy (non-hydrogen) atoms. The van der Waals surface area contributed by atoms with Gasteiger partial charge in [0.15, 0.2) is 0 Å². The number of benzene rings is 1. The van der Waals surface area contributed by atoms with E-state index in [1.807, 2.05) is 11.9 Å². The number of carbonyl (C=O) groups is 1. The highest BCUT2D eigenvalue weighted by Crippen LogP contribution is 2.17. The van der Waals surface area contributed by atoms with E-state index in [0.717, 1.165) is 32.4 Å². The van der Waals surface area contributed by atoms with Crippen molar-refractivity contribution in [3.63, 3.8) is 0 Å². The van der Waals surface area contributed by atoms with E-state index in [-0.39, 0.29) is 18.3 Å². The minimum Gasteiger partial charge on any atom is -0.342 e. The molecule has 2 rings (SSSR count). The van der Waals surface area contributed by atoms with Crippen molar-refractivity contribution >= 4 is 18.3 Å². The summed E-state index contributed by atoms with van der Waals surface area (Å²) in [5.74, 6) is 0.473. The third kappa shape index (κ3) is 4.72. The Kier molecular flexibility index (Phi) is 7.20. The Morgan fingerprint density at radius 3 is 2.57 bits per heavy atom. The molecule has 1 aliphatic heterocycles. The highest BCUT2D eigenvalue weighted by Gasteiger charge is 2.28. The van der Waals surface area contributed by atoms with Crippen molar-refractivity contribution < 1.29 is 4.79 Å². The van der Waals surface area contributed by atoms with Gasteiger partial charge in [-0.05, 0) is 38.3 Å². The molecule has 1 aliphatic rings. The minimum atomic E-state index is 0. The largest absolute Gasteiger partial charge is 0.342 e. The number of hydrogen-bond acceptors (Lipinski definition) is 2. The van der Waals surface area contributed by atoms with Gasteiger partial charge in [-0.1, -0.05) is 36.8 Å². The Balaban J connectivity index is 0.00000220. The molecule has 2 unspecified atom stereocenters. The second-order valence-corrected chi connectivity index (χ2v) is 5.89. The number of rotatable bonds is 5. The fourth-order valence-corrected chi connectivity index (χ4v) is 2.88. The average Bonchev–Trinajstić information content (AvgIpc) is 2.99. The van der Waals surface area contributed by atoms with Crippen molar-refractivity contribution in [1.29, 1.82) is 0 Å². The molecule has 1 aromatic carbocycles. The van der Waals surface area contributed by atoms with Gasteiger partial charge >= 0.3 is 0 Å². The Morgan fingerprint density at radius 2 is 2.05 bits per heavy atom. The molecule has 0 aliphatic carbocycles. The zero-order valence-corrected chi connectivity index (χ0v) is 14.1. The minimum absolute atomic E-state index is 0. The first-order chi connectivity index (χ1) is 9.61. The van der Waals surface area contributed by atoms with Gasteiger partial charge in [0.25, 0.3) is 0 Å². The molecule has 1 N–H and O–H groups in total.